The van der Waals surface area contributed by atoms with Crippen LogP contribution in [-0.2, 0) is 9.47 Å². The van der Waals surface area contributed by atoms with Crippen LogP contribution in [0.4, 0.5) is 4.79 Å². The Labute approximate surface area is 202 Å². The second kappa shape index (κ2) is 10.9. The van der Waals surface area contributed by atoms with E-state index in [9.17, 15) is 9.59 Å². The van der Waals surface area contributed by atoms with Gasteiger partial charge in [-0.15, -0.1) is 0 Å². The van der Waals surface area contributed by atoms with Crippen LogP contribution >= 0.6 is 15.9 Å². The van der Waals surface area contributed by atoms with E-state index in [1.165, 1.54) is 0 Å². The minimum absolute atomic E-state index is 0.0208. The summed E-state index contributed by atoms with van der Waals surface area (Å²) < 4.78 is 22.9. The van der Waals surface area contributed by atoms with Crippen LogP contribution in [0, 0.1) is 0 Å². The van der Waals surface area contributed by atoms with E-state index in [-0.39, 0.29) is 18.2 Å². The monoisotopic (exact) mass is 520 g/mol. The molecule has 9 heteroatoms. The third-order valence-electron chi connectivity index (χ3n) is 4.76. The van der Waals surface area contributed by atoms with Gasteiger partial charge in [0.05, 0.1) is 22.8 Å². The lowest BCUT2D eigenvalue weighted by Gasteiger charge is -2.33. The van der Waals surface area contributed by atoms with E-state index >= 15 is 0 Å². The summed E-state index contributed by atoms with van der Waals surface area (Å²) in [4.78, 5) is 30.1. The second-order valence-electron chi connectivity index (χ2n) is 8.58. The second-order valence-corrected chi connectivity index (χ2v) is 9.44. The molecule has 1 aromatic heterocycles. The van der Waals surface area contributed by atoms with Crippen LogP contribution in [0.1, 0.15) is 50.9 Å². The van der Waals surface area contributed by atoms with Crippen LogP contribution in [0.15, 0.2) is 41.0 Å². The summed E-state index contributed by atoms with van der Waals surface area (Å²) in [6.45, 7) is 8.81. The SMILES string of the molecule is CCOC(=O)c1ccc(Oc2ccc(OC3CCN(C(=O)OC(C)(C)C)CC3)nc2)c(Br)c1. The molecule has 0 spiro atoms. The molecule has 178 valence electrons. The molecule has 0 aliphatic carbocycles. The predicted octanol–water partition coefficient (Wildman–Crippen LogP) is 5.59. The number of rotatable bonds is 6. The van der Waals surface area contributed by atoms with Gasteiger partial charge in [0.25, 0.3) is 0 Å². The van der Waals surface area contributed by atoms with E-state index in [1.807, 2.05) is 20.8 Å². The molecule has 0 radical (unpaired) electrons. The van der Waals surface area contributed by atoms with Gasteiger partial charge in [-0.25, -0.2) is 14.6 Å². The highest BCUT2D eigenvalue weighted by molar-refractivity contribution is 9.10. The molecular weight excluding hydrogens is 492 g/mol. The molecule has 0 saturated carbocycles. The van der Waals surface area contributed by atoms with E-state index in [0.717, 1.165) is 0 Å². The van der Waals surface area contributed by atoms with Crippen LogP contribution in [-0.4, -0.2) is 53.3 Å². The van der Waals surface area contributed by atoms with Crippen molar-refractivity contribution in [1.29, 1.82) is 0 Å². The lowest BCUT2D eigenvalue weighted by atomic mass is 10.1. The molecule has 0 bridgehead atoms. The fourth-order valence-corrected chi connectivity index (χ4v) is 3.66. The van der Waals surface area contributed by atoms with E-state index < -0.39 is 5.60 Å². The molecule has 0 N–H and O–H groups in total. The molecule has 1 aromatic carbocycles. The highest BCUT2D eigenvalue weighted by atomic mass is 79.9. The molecule has 0 unspecified atom stereocenters. The first-order valence-electron chi connectivity index (χ1n) is 10.9. The van der Waals surface area contributed by atoms with Crippen LogP contribution in [0.2, 0.25) is 0 Å². The van der Waals surface area contributed by atoms with Crippen LogP contribution in [0.25, 0.3) is 0 Å². The molecule has 1 amide bonds. The Bertz CT molecular complexity index is 966. The molecule has 2 aromatic rings. The lowest BCUT2D eigenvalue weighted by molar-refractivity contribution is 0.0122. The summed E-state index contributed by atoms with van der Waals surface area (Å²) in [6.07, 6.45) is 2.68. The average Bonchev–Trinajstić information content (AvgIpc) is 2.76. The third-order valence-corrected chi connectivity index (χ3v) is 5.38. The van der Waals surface area contributed by atoms with Gasteiger partial charge in [-0.3, -0.25) is 0 Å². The van der Waals surface area contributed by atoms with Crippen molar-refractivity contribution in [2.24, 2.45) is 0 Å². The molecule has 8 nitrogen and oxygen atoms in total. The van der Waals surface area contributed by atoms with Crippen molar-refractivity contribution < 1.29 is 28.5 Å². The average molecular weight is 521 g/mol. The molecule has 1 aliphatic rings. The number of esters is 1. The quantitative estimate of drug-likeness (QED) is 0.458. The summed E-state index contributed by atoms with van der Waals surface area (Å²) in [5.74, 6) is 1.19. The smallest absolute Gasteiger partial charge is 0.410 e. The number of carbonyl (C=O) groups is 2. The number of likely N-dealkylation sites (tertiary alicyclic amines) is 1. The summed E-state index contributed by atoms with van der Waals surface area (Å²) in [7, 11) is 0. The van der Waals surface area contributed by atoms with Gasteiger partial charge in [0, 0.05) is 32.0 Å². The molecule has 1 fully saturated rings. The number of ether oxygens (including phenoxy) is 4. The number of amides is 1. The first kappa shape index (κ1) is 24.8. The normalized spacial score (nSPS) is 14.5. The largest absolute Gasteiger partial charge is 0.474 e. The molecule has 0 atom stereocenters. The van der Waals surface area contributed by atoms with Crippen molar-refractivity contribution in [3.63, 3.8) is 0 Å². The van der Waals surface area contributed by atoms with Crippen molar-refractivity contribution in [2.45, 2.75) is 52.2 Å². The summed E-state index contributed by atoms with van der Waals surface area (Å²) >= 11 is 3.42. The number of carbonyl (C=O) groups excluding carboxylic acids is 2. The Hall–Kier alpha value is -2.81. The summed E-state index contributed by atoms with van der Waals surface area (Å²) in [6, 6.07) is 8.51. The summed E-state index contributed by atoms with van der Waals surface area (Å²) in [5, 5.41) is 0. The van der Waals surface area contributed by atoms with Crippen molar-refractivity contribution in [2.75, 3.05) is 19.7 Å². The zero-order valence-corrected chi connectivity index (χ0v) is 20.9. The van der Waals surface area contributed by atoms with Crippen LogP contribution in [0.5, 0.6) is 17.4 Å². The van der Waals surface area contributed by atoms with E-state index in [1.54, 1.807) is 48.4 Å². The maximum Gasteiger partial charge on any atom is 0.410 e. The van der Waals surface area contributed by atoms with Gasteiger partial charge in [-0.1, -0.05) is 0 Å². The Balaban J connectivity index is 1.51. The van der Waals surface area contributed by atoms with Gasteiger partial charge in [0.15, 0.2) is 0 Å². The Kier molecular flexibility index (Phi) is 8.18. The lowest BCUT2D eigenvalue weighted by Crippen LogP contribution is -2.44. The van der Waals surface area contributed by atoms with Crippen molar-refractivity contribution >= 4 is 28.0 Å². The highest BCUT2D eigenvalue weighted by Gasteiger charge is 2.27. The number of benzene rings is 1. The van der Waals surface area contributed by atoms with E-state index in [4.69, 9.17) is 18.9 Å². The summed E-state index contributed by atoms with van der Waals surface area (Å²) in [5.41, 5.74) is -0.0629. The third kappa shape index (κ3) is 7.35. The molecular formula is C24H29BrN2O6. The van der Waals surface area contributed by atoms with Gasteiger partial charge in [-0.05, 0) is 67.9 Å². The predicted molar refractivity (Wildman–Crippen MR) is 126 cm³/mol. The first-order chi connectivity index (χ1) is 15.6. The van der Waals surface area contributed by atoms with Gasteiger partial charge < -0.3 is 23.8 Å². The van der Waals surface area contributed by atoms with Gasteiger partial charge in [-0.2, -0.15) is 0 Å². The van der Waals surface area contributed by atoms with Crippen molar-refractivity contribution in [3.8, 4) is 17.4 Å². The number of pyridine rings is 1. The van der Waals surface area contributed by atoms with Crippen molar-refractivity contribution in [1.82, 2.24) is 9.88 Å². The van der Waals surface area contributed by atoms with Gasteiger partial charge in [0.1, 0.15) is 23.2 Å². The van der Waals surface area contributed by atoms with Gasteiger partial charge >= 0.3 is 12.1 Å². The van der Waals surface area contributed by atoms with E-state index in [0.29, 0.717) is 60.0 Å². The standard InChI is InChI=1S/C24H29BrN2O6/c1-5-30-22(28)16-6-8-20(19(25)14-16)31-18-7-9-21(26-15-18)32-17-10-12-27(13-11-17)23(29)33-24(2,3)4/h6-9,14-15,17H,5,10-13H2,1-4H3. The number of hydrogen-bond donors (Lipinski definition) is 0. The van der Waals surface area contributed by atoms with Crippen LogP contribution in [0.3, 0.4) is 0 Å². The fourth-order valence-electron chi connectivity index (χ4n) is 3.20. The maximum atomic E-state index is 12.2. The first-order valence-corrected chi connectivity index (χ1v) is 11.7. The molecule has 33 heavy (non-hydrogen) atoms. The number of piperidine rings is 1. The number of aromatic nitrogens is 1. The molecule has 2 heterocycles. The maximum absolute atomic E-state index is 12.2. The van der Waals surface area contributed by atoms with Crippen LogP contribution < -0.4 is 9.47 Å². The molecule has 3 rings (SSSR count). The van der Waals surface area contributed by atoms with Crippen molar-refractivity contribution in [3.05, 3.63) is 46.6 Å². The number of nitrogens with zero attached hydrogens (tertiary/aromatic N) is 2. The number of hydrogen-bond acceptors (Lipinski definition) is 7. The van der Waals surface area contributed by atoms with Gasteiger partial charge in [0.2, 0.25) is 5.88 Å². The Morgan fingerprint density at radius 3 is 2.45 bits per heavy atom. The minimum atomic E-state index is -0.503. The minimum Gasteiger partial charge on any atom is -0.474 e. The molecule has 1 saturated heterocycles. The fraction of sp³-hybridized carbons (Fsp3) is 0.458. The zero-order valence-electron chi connectivity index (χ0n) is 19.3. The topological polar surface area (TPSA) is 87.2 Å². The Morgan fingerprint density at radius 1 is 1.15 bits per heavy atom. The highest BCUT2D eigenvalue weighted by Crippen LogP contribution is 2.31. The molecule has 1 aliphatic heterocycles. The Morgan fingerprint density at radius 2 is 1.88 bits per heavy atom. The van der Waals surface area contributed by atoms with E-state index in [2.05, 4.69) is 20.9 Å². The number of halogens is 1. The zero-order chi connectivity index (χ0) is 24.0.